The molecule has 2 nitrogen and oxygen atoms in total. The van der Waals surface area contributed by atoms with Crippen molar-refractivity contribution in [1.82, 2.24) is 4.57 Å². The van der Waals surface area contributed by atoms with Gasteiger partial charge in [-0.25, -0.2) is 0 Å². The van der Waals surface area contributed by atoms with Crippen LogP contribution in [-0.2, 0) is 7.05 Å². The van der Waals surface area contributed by atoms with Gasteiger partial charge >= 0.3 is 6.18 Å². The van der Waals surface area contributed by atoms with Crippen LogP contribution in [0.25, 0.3) is 10.9 Å². The Morgan fingerprint density at radius 1 is 1.35 bits per heavy atom. The van der Waals surface area contributed by atoms with E-state index < -0.39 is 12.3 Å². The van der Waals surface area contributed by atoms with Crippen LogP contribution in [0, 0.1) is 0 Å². The van der Waals surface area contributed by atoms with Crippen molar-refractivity contribution in [1.29, 1.82) is 0 Å². The smallest absolute Gasteiger partial charge is 0.379 e. The molecule has 0 bridgehead atoms. The second-order valence-corrected chi connectivity index (χ2v) is 4.24. The van der Waals surface area contributed by atoms with Crippen molar-refractivity contribution in [2.24, 2.45) is 7.05 Å². The first-order valence-electron chi connectivity index (χ1n) is 4.80. The molecule has 0 spiro atoms. The molecule has 0 aliphatic carbocycles. The monoisotopic (exact) mass is 263 g/mol. The van der Waals surface area contributed by atoms with E-state index in [0.29, 0.717) is 15.9 Å². The molecule has 1 heterocycles. The van der Waals surface area contributed by atoms with E-state index in [1.807, 2.05) is 0 Å². The Hall–Kier alpha value is -1.20. The average Bonchev–Trinajstić information content (AvgIpc) is 2.53. The van der Waals surface area contributed by atoms with Gasteiger partial charge in [0.05, 0.1) is 0 Å². The van der Waals surface area contributed by atoms with Gasteiger partial charge < -0.3 is 9.67 Å². The Morgan fingerprint density at radius 3 is 2.59 bits per heavy atom. The highest BCUT2D eigenvalue weighted by Crippen LogP contribution is 2.37. The summed E-state index contributed by atoms with van der Waals surface area (Å²) in [6.07, 6.45) is -5.89. The molecular weight excluding hydrogens is 255 g/mol. The Bertz CT molecular complexity index is 562. The number of halogens is 4. The second-order valence-electron chi connectivity index (χ2n) is 3.80. The molecule has 0 amide bonds. The first-order valence-corrected chi connectivity index (χ1v) is 5.18. The van der Waals surface area contributed by atoms with Crippen LogP contribution in [0.5, 0.6) is 0 Å². The van der Waals surface area contributed by atoms with Gasteiger partial charge in [0.25, 0.3) is 0 Å². The van der Waals surface area contributed by atoms with Crippen LogP contribution in [0.2, 0.25) is 5.02 Å². The minimum absolute atomic E-state index is 0.160. The van der Waals surface area contributed by atoms with Crippen LogP contribution in [0.15, 0.2) is 24.4 Å². The van der Waals surface area contributed by atoms with Crippen molar-refractivity contribution in [2.45, 2.75) is 12.3 Å². The minimum Gasteiger partial charge on any atom is -0.379 e. The fourth-order valence-electron chi connectivity index (χ4n) is 1.78. The first-order chi connectivity index (χ1) is 7.80. The number of fused-ring (bicyclic) bond motifs is 1. The minimum atomic E-state index is -4.67. The molecule has 0 saturated carbocycles. The van der Waals surface area contributed by atoms with Gasteiger partial charge in [-0.05, 0) is 12.1 Å². The number of hydrogen-bond donors (Lipinski definition) is 1. The Kier molecular flexibility index (Phi) is 2.83. The molecule has 1 aromatic heterocycles. The zero-order valence-corrected chi connectivity index (χ0v) is 9.55. The fraction of sp³-hybridized carbons (Fsp3) is 0.273. The number of hydrogen-bond acceptors (Lipinski definition) is 1. The van der Waals surface area contributed by atoms with Crippen LogP contribution < -0.4 is 0 Å². The van der Waals surface area contributed by atoms with E-state index in [-0.39, 0.29) is 5.56 Å². The number of aryl methyl sites for hydroxylation is 1. The highest BCUT2D eigenvalue weighted by atomic mass is 35.5. The predicted octanol–water partition coefficient (Wildman–Crippen LogP) is 3.43. The average molecular weight is 264 g/mol. The van der Waals surface area contributed by atoms with Gasteiger partial charge in [-0.2, -0.15) is 13.2 Å². The molecule has 0 radical (unpaired) electrons. The van der Waals surface area contributed by atoms with Crippen LogP contribution in [0.3, 0.4) is 0 Å². The number of aliphatic hydroxyl groups is 1. The third-order valence-corrected chi connectivity index (χ3v) is 2.82. The fourth-order valence-corrected chi connectivity index (χ4v) is 1.95. The molecule has 1 aromatic carbocycles. The predicted molar refractivity (Wildman–Crippen MR) is 58.9 cm³/mol. The lowest BCUT2D eigenvalue weighted by molar-refractivity contribution is -0.206. The van der Waals surface area contributed by atoms with E-state index in [1.54, 1.807) is 13.1 Å². The molecule has 1 atom stereocenters. The lowest BCUT2D eigenvalue weighted by Crippen LogP contribution is -2.19. The number of nitrogens with zero attached hydrogens (tertiary/aromatic N) is 1. The standard InChI is InChI=1S/C11H9ClF3NO/c1-16-5-8(10(17)11(13,14)15)7-3-2-6(12)4-9(7)16/h2-5,10,17H,1H3/t10-/m0/s1. The molecule has 17 heavy (non-hydrogen) atoms. The lowest BCUT2D eigenvalue weighted by atomic mass is 10.1. The molecule has 0 aliphatic rings. The van der Waals surface area contributed by atoms with Crippen molar-refractivity contribution in [3.05, 3.63) is 35.0 Å². The van der Waals surface area contributed by atoms with Crippen molar-refractivity contribution in [3.8, 4) is 0 Å². The summed E-state index contributed by atoms with van der Waals surface area (Å²) in [5.74, 6) is 0. The topological polar surface area (TPSA) is 25.2 Å². The summed E-state index contributed by atoms with van der Waals surface area (Å²) in [7, 11) is 1.60. The molecule has 2 aromatic rings. The molecule has 0 aliphatic heterocycles. The number of benzene rings is 1. The van der Waals surface area contributed by atoms with Gasteiger partial charge in [-0.3, -0.25) is 0 Å². The molecule has 0 fully saturated rings. The summed E-state index contributed by atoms with van der Waals surface area (Å²) >= 11 is 5.77. The van der Waals surface area contributed by atoms with E-state index in [2.05, 4.69) is 0 Å². The first kappa shape index (κ1) is 12.3. The Balaban J connectivity index is 2.64. The summed E-state index contributed by atoms with van der Waals surface area (Å²) < 4.78 is 38.9. The summed E-state index contributed by atoms with van der Waals surface area (Å²) in [4.78, 5) is 0. The van der Waals surface area contributed by atoms with Gasteiger partial charge in [0.15, 0.2) is 6.10 Å². The highest BCUT2D eigenvalue weighted by molar-refractivity contribution is 6.31. The molecule has 0 unspecified atom stereocenters. The Morgan fingerprint density at radius 2 is 2.00 bits per heavy atom. The maximum Gasteiger partial charge on any atom is 0.418 e. The quantitative estimate of drug-likeness (QED) is 0.838. The maximum absolute atomic E-state index is 12.5. The molecule has 1 N–H and O–H groups in total. The van der Waals surface area contributed by atoms with Gasteiger partial charge in [0.1, 0.15) is 0 Å². The normalized spacial score (nSPS) is 14.2. The van der Waals surface area contributed by atoms with Crippen LogP contribution in [0.4, 0.5) is 13.2 Å². The van der Waals surface area contributed by atoms with E-state index in [0.717, 1.165) is 0 Å². The van der Waals surface area contributed by atoms with Crippen molar-refractivity contribution < 1.29 is 18.3 Å². The summed E-state index contributed by atoms with van der Waals surface area (Å²) in [5.41, 5.74) is 0.391. The van der Waals surface area contributed by atoms with Crippen LogP contribution in [0.1, 0.15) is 11.7 Å². The van der Waals surface area contributed by atoms with E-state index in [1.165, 1.54) is 22.9 Å². The number of aromatic nitrogens is 1. The van der Waals surface area contributed by atoms with Crippen LogP contribution in [-0.4, -0.2) is 15.8 Å². The highest BCUT2D eigenvalue weighted by Gasteiger charge is 2.40. The third-order valence-electron chi connectivity index (χ3n) is 2.59. The van der Waals surface area contributed by atoms with Crippen molar-refractivity contribution in [2.75, 3.05) is 0 Å². The lowest BCUT2D eigenvalue weighted by Gasteiger charge is -2.13. The third kappa shape index (κ3) is 2.12. The van der Waals surface area contributed by atoms with Gasteiger partial charge in [0, 0.05) is 34.7 Å². The SMILES string of the molecule is Cn1cc([C@H](O)C(F)(F)F)c2ccc(Cl)cc21. The number of aliphatic hydroxyl groups excluding tert-OH is 1. The number of rotatable bonds is 1. The number of alkyl halides is 3. The van der Waals surface area contributed by atoms with E-state index in [4.69, 9.17) is 11.6 Å². The zero-order valence-electron chi connectivity index (χ0n) is 8.79. The van der Waals surface area contributed by atoms with Gasteiger partial charge in [-0.15, -0.1) is 0 Å². The van der Waals surface area contributed by atoms with Crippen molar-refractivity contribution in [3.63, 3.8) is 0 Å². The van der Waals surface area contributed by atoms with E-state index in [9.17, 15) is 18.3 Å². The molecule has 6 heteroatoms. The summed E-state index contributed by atoms with van der Waals surface area (Å²) in [6.45, 7) is 0. The summed E-state index contributed by atoms with van der Waals surface area (Å²) in [6, 6.07) is 4.53. The zero-order chi connectivity index (χ0) is 12.8. The molecule has 2 rings (SSSR count). The second kappa shape index (κ2) is 3.92. The maximum atomic E-state index is 12.5. The molecule has 0 saturated heterocycles. The van der Waals surface area contributed by atoms with Crippen molar-refractivity contribution >= 4 is 22.5 Å². The van der Waals surface area contributed by atoms with Gasteiger partial charge in [0.2, 0.25) is 0 Å². The Labute approximate surface area is 100 Å². The molecular formula is C11H9ClF3NO. The molecule has 92 valence electrons. The van der Waals surface area contributed by atoms with Gasteiger partial charge in [-0.1, -0.05) is 17.7 Å². The largest absolute Gasteiger partial charge is 0.418 e. The van der Waals surface area contributed by atoms with Crippen LogP contribution >= 0.6 is 11.6 Å². The summed E-state index contributed by atoms with van der Waals surface area (Å²) in [5, 5.41) is 10.1. The van der Waals surface area contributed by atoms with E-state index >= 15 is 0 Å².